The van der Waals surface area contributed by atoms with E-state index in [0.717, 1.165) is 10.0 Å². The number of rotatable bonds is 3. The molecule has 2 nitrogen and oxygen atoms in total. The van der Waals surface area contributed by atoms with Crippen LogP contribution in [0.25, 0.3) is 0 Å². The van der Waals surface area contributed by atoms with Gasteiger partial charge in [0.05, 0.1) is 10.6 Å². The minimum atomic E-state index is -0.307. The topological polar surface area (TPSA) is 20.3 Å². The maximum absolute atomic E-state index is 13.0. The van der Waals surface area contributed by atoms with Crippen LogP contribution in [0.15, 0.2) is 53.0 Å². The lowest BCUT2D eigenvalue weighted by atomic mass is 10.0. The lowest BCUT2D eigenvalue weighted by molar-refractivity contribution is 0.0559. The first-order valence-corrected chi connectivity index (χ1v) is 8.27. The zero-order valence-electron chi connectivity index (χ0n) is 12.9. The third-order valence-corrected chi connectivity index (χ3v) is 4.22. The fraction of sp³-hybridized carbons (Fsp3) is 0.278. The average Bonchev–Trinajstić information content (AvgIpc) is 2.46. The fourth-order valence-corrected chi connectivity index (χ4v) is 2.75. The largest absolute Gasteiger partial charge is 0.329 e. The Hall–Kier alpha value is -1.32. The molecule has 0 bridgehead atoms. The molecule has 1 amide bonds. The van der Waals surface area contributed by atoms with Crippen molar-refractivity contribution in [2.75, 3.05) is 0 Å². The third kappa shape index (κ3) is 4.11. The normalized spacial score (nSPS) is 11.3. The zero-order chi connectivity index (χ0) is 16.3. The van der Waals surface area contributed by atoms with Gasteiger partial charge < -0.3 is 4.90 Å². The molecule has 2 aromatic rings. The summed E-state index contributed by atoms with van der Waals surface area (Å²) in [4.78, 5) is 14.8. The molecule has 0 aliphatic rings. The van der Waals surface area contributed by atoms with Gasteiger partial charge in [0, 0.05) is 16.6 Å². The Morgan fingerprint density at radius 2 is 1.77 bits per heavy atom. The van der Waals surface area contributed by atoms with Gasteiger partial charge in [0.1, 0.15) is 0 Å². The summed E-state index contributed by atoms with van der Waals surface area (Å²) in [7, 11) is 0. The predicted octanol–water partition coefficient (Wildman–Crippen LogP) is 5.54. The lowest BCUT2D eigenvalue weighted by Crippen LogP contribution is -2.45. The Morgan fingerprint density at radius 1 is 1.14 bits per heavy atom. The van der Waals surface area contributed by atoms with Crippen LogP contribution >= 0.6 is 27.5 Å². The van der Waals surface area contributed by atoms with E-state index >= 15 is 0 Å². The van der Waals surface area contributed by atoms with Crippen molar-refractivity contribution >= 4 is 33.4 Å². The highest BCUT2D eigenvalue weighted by Crippen LogP contribution is 2.26. The molecule has 0 spiro atoms. The highest BCUT2D eigenvalue weighted by molar-refractivity contribution is 9.10. The number of amides is 1. The van der Waals surface area contributed by atoms with Crippen LogP contribution in [-0.4, -0.2) is 16.3 Å². The van der Waals surface area contributed by atoms with E-state index in [0.29, 0.717) is 17.1 Å². The van der Waals surface area contributed by atoms with Crippen molar-refractivity contribution in [3.63, 3.8) is 0 Å². The molecule has 4 heteroatoms. The first-order valence-electron chi connectivity index (χ1n) is 7.10. The Labute approximate surface area is 145 Å². The summed E-state index contributed by atoms with van der Waals surface area (Å²) in [5, 5.41) is 0.468. The molecule has 22 heavy (non-hydrogen) atoms. The van der Waals surface area contributed by atoms with Crippen molar-refractivity contribution in [1.82, 2.24) is 4.90 Å². The quantitative estimate of drug-likeness (QED) is 0.684. The van der Waals surface area contributed by atoms with Crippen LogP contribution in [-0.2, 0) is 6.54 Å². The second kappa shape index (κ2) is 6.84. The van der Waals surface area contributed by atoms with Gasteiger partial charge in [0.25, 0.3) is 5.91 Å². The smallest absolute Gasteiger partial charge is 0.256 e. The first kappa shape index (κ1) is 17.0. The predicted molar refractivity (Wildman–Crippen MR) is 95.2 cm³/mol. The Bertz CT molecular complexity index is 665. The van der Waals surface area contributed by atoms with Gasteiger partial charge in [-0.2, -0.15) is 0 Å². The fourth-order valence-electron chi connectivity index (χ4n) is 2.19. The number of halogens is 2. The van der Waals surface area contributed by atoms with E-state index in [9.17, 15) is 4.79 Å². The van der Waals surface area contributed by atoms with Crippen LogP contribution in [0.1, 0.15) is 36.7 Å². The van der Waals surface area contributed by atoms with Gasteiger partial charge in [-0.3, -0.25) is 4.79 Å². The minimum absolute atomic E-state index is 0.0670. The second-order valence-electron chi connectivity index (χ2n) is 6.17. The molecule has 0 N–H and O–H groups in total. The van der Waals surface area contributed by atoms with Crippen molar-refractivity contribution in [3.8, 4) is 0 Å². The Balaban J connectivity index is 2.37. The highest BCUT2D eigenvalue weighted by Gasteiger charge is 2.28. The van der Waals surface area contributed by atoms with Gasteiger partial charge >= 0.3 is 0 Å². The minimum Gasteiger partial charge on any atom is -0.329 e. The molecule has 0 aromatic heterocycles. The third-order valence-electron chi connectivity index (χ3n) is 3.40. The van der Waals surface area contributed by atoms with Crippen LogP contribution in [0.5, 0.6) is 0 Å². The lowest BCUT2D eigenvalue weighted by Gasteiger charge is -2.36. The molecule has 0 unspecified atom stereocenters. The van der Waals surface area contributed by atoms with E-state index in [-0.39, 0.29) is 11.4 Å². The molecule has 2 aromatic carbocycles. The van der Waals surface area contributed by atoms with E-state index in [4.69, 9.17) is 11.6 Å². The SMILES string of the molecule is CC(C)(C)N(Cc1ccccc1)C(=O)c1cc(Br)ccc1Cl. The summed E-state index contributed by atoms with van der Waals surface area (Å²) < 4.78 is 0.842. The molecule has 116 valence electrons. The van der Waals surface area contributed by atoms with Crippen molar-refractivity contribution in [1.29, 1.82) is 0 Å². The first-order chi connectivity index (χ1) is 10.3. The summed E-state index contributed by atoms with van der Waals surface area (Å²) in [6.07, 6.45) is 0. The van der Waals surface area contributed by atoms with Crippen LogP contribution < -0.4 is 0 Å². The number of benzene rings is 2. The van der Waals surface area contributed by atoms with Gasteiger partial charge in [-0.15, -0.1) is 0 Å². The average molecular weight is 381 g/mol. The molecule has 0 saturated heterocycles. The monoisotopic (exact) mass is 379 g/mol. The van der Waals surface area contributed by atoms with E-state index in [2.05, 4.69) is 15.9 Å². The van der Waals surface area contributed by atoms with Crippen molar-refractivity contribution in [2.24, 2.45) is 0 Å². The van der Waals surface area contributed by atoms with Crippen LogP contribution in [0.4, 0.5) is 0 Å². The van der Waals surface area contributed by atoms with Crippen molar-refractivity contribution in [3.05, 3.63) is 69.2 Å². The molecule has 0 heterocycles. The molecule has 0 radical (unpaired) electrons. The molecule has 0 saturated carbocycles. The van der Waals surface area contributed by atoms with Crippen LogP contribution in [0.2, 0.25) is 5.02 Å². The van der Waals surface area contributed by atoms with E-state index < -0.39 is 0 Å². The van der Waals surface area contributed by atoms with Crippen molar-refractivity contribution in [2.45, 2.75) is 32.9 Å². The molecule has 0 fully saturated rings. The highest BCUT2D eigenvalue weighted by atomic mass is 79.9. The molecular weight excluding hydrogens is 362 g/mol. The summed E-state index contributed by atoms with van der Waals surface area (Å²) >= 11 is 9.62. The van der Waals surface area contributed by atoms with Gasteiger partial charge in [-0.05, 0) is 44.5 Å². The maximum Gasteiger partial charge on any atom is 0.256 e. The van der Waals surface area contributed by atoms with E-state index in [1.54, 1.807) is 12.1 Å². The summed E-state index contributed by atoms with van der Waals surface area (Å²) in [5.74, 6) is -0.0670. The standard InChI is InChI=1S/C18H19BrClNO/c1-18(2,3)21(12-13-7-5-4-6-8-13)17(22)15-11-14(19)9-10-16(15)20/h4-11H,12H2,1-3H3. The summed E-state index contributed by atoms with van der Waals surface area (Å²) in [6.45, 7) is 6.63. The van der Waals surface area contributed by atoms with Gasteiger partial charge in [-0.25, -0.2) is 0 Å². The van der Waals surface area contributed by atoms with Crippen LogP contribution in [0, 0.1) is 0 Å². The number of hydrogen-bond donors (Lipinski definition) is 0. The number of hydrogen-bond acceptors (Lipinski definition) is 1. The van der Waals surface area contributed by atoms with E-state index in [1.165, 1.54) is 0 Å². The van der Waals surface area contributed by atoms with Gasteiger partial charge in [-0.1, -0.05) is 57.9 Å². The summed E-state index contributed by atoms with van der Waals surface area (Å²) in [5.41, 5.74) is 1.30. The summed E-state index contributed by atoms with van der Waals surface area (Å²) in [6, 6.07) is 15.3. The Morgan fingerprint density at radius 3 is 2.36 bits per heavy atom. The molecular formula is C18H19BrClNO. The maximum atomic E-state index is 13.0. The molecule has 0 aliphatic carbocycles. The number of carbonyl (C=O) groups excluding carboxylic acids is 1. The Kier molecular flexibility index (Phi) is 5.30. The number of nitrogens with zero attached hydrogens (tertiary/aromatic N) is 1. The van der Waals surface area contributed by atoms with Crippen molar-refractivity contribution < 1.29 is 4.79 Å². The number of carbonyl (C=O) groups is 1. The van der Waals surface area contributed by atoms with E-state index in [1.807, 2.05) is 62.1 Å². The molecule has 0 aliphatic heterocycles. The van der Waals surface area contributed by atoms with Gasteiger partial charge in [0.2, 0.25) is 0 Å². The van der Waals surface area contributed by atoms with Gasteiger partial charge in [0.15, 0.2) is 0 Å². The zero-order valence-corrected chi connectivity index (χ0v) is 15.3. The van der Waals surface area contributed by atoms with Crippen LogP contribution in [0.3, 0.4) is 0 Å². The molecule has 0 atom stereocenters. The molecule has 2 rings (SSSR count). The second-order valence-corrected chi connectivity index (χ2v) is 7.49.